The third-order valence-corrected chi connectivity index (χ3v) is 3.17. The second-order valence-corrected chi connectivity index (χ2v) is 3.93. The lowest BCUT2D eigenvalue weighted by Crippen LogP contribution is -2.49. The van der Waals surface area contributed by atoms with Crippen LogP contribution < -0.4 is 5.32 Å². The Bertz CT molecular complexity index is 190. The van der Waals surface area contributed by atoms with Crippen LogP contribution in [0.25, 0.3) is 0 Å². The van der Waals surface area contributed by atoms with Crippen LogP contribution in [0.4, 0.5) is 0 Å². The van der Waals surface area contributed by atoms with E-state index in [0.717, 1.165) is 19.3 Å². The van der Waals surface area contributed by atoms with Crippen molar-refractivity contribution in [3.8, 4) is 0 Å². The van der Waals surface area contributed by atoms with Gasteiger partial charge in [0.15, 0.2) is 0 Å². The van der Waals surface area contributed by atoms with E-state index in [1.54, 1.807) is 0 Å². The Labute approximate surface area is 67.4 Å². The van der Waals surface area contributed by atoms with Gasteiger partial charge >= 0.3 is 0 Å². The molecule has 2 nitrogen and oxygen atoms in total. The normalized spacial score (nSPS) is 43.0. The lowest BCUT2D eigenvalue weighted by Gasteiger charge is -2.32. The molecule has 2 unspecified atom stereocenters. The number of Topliss-reactive ketones (excluding diaryl/α,β-unsaturated/α-hetero) is 1. The van der Waals surface area contributed by atoms with Gasteiger partial charge in [0.25, 0.3) is 0 Å². The smallest absolute Gasteiger partial charge is 0.136 e. The number of hydrogen-bond acceptors (Lipinski definition) is 2. The summed E-state index contributed by atoms with van der Waals surface area (Å²) in [6.07, 6.45) is 5.08. The number of nitrogens with one attached hydrogen (secondary N) is 1. The summed E-state index contributed by atoms with van der Waals surface area (Å²) in [6, 6.07) is 0.510. The number of carbonyl (C=O) groups excluding carboxylic acids is 1. The molecule has 11 heavy (non-hydrogen) atoms. The molecule has 0 amide bonds. The molecule has 62 valence electrons. The molecule has 0 aromatic carbocycles. The molecule has 2 rings (SSSR count). The van der Waals surface area contributed by atoms with E-state index in [1.807, 2.05) is 0 Å². The van der Waals surface area contributed by atoms with Crippen molar-refractivity contribution in [2.75, 3.05) is 0 Å². The van der Waals surface area contributed by atoms with Gasteiger partial charge in [-0.15, -0.1) is 0 Å². The summed E-state index contributed by atoms with van der Waals surface area (Å²) in [4.78, 5) is 11.2. The quantitative estimate of drug-likeness (QED) is 0.614. The van der Waals surface area contributed by atoms with Crippen LogP contribution in [0.15, 0.2) is 0 Å². The summed E-state index contributed by atoms with van der Waals surface area (Å²) in [7, 11) is 0. The highest BCUT2D eigenvalue weighted by Crippen LogP contribution is 2.35. The topological polar surface area (TPSA) is 29.1 Å². The van der Waals surface area contributed by atoms with Gasteiger partial charge in [-0.1, -0.05) is 6.92 Å². The van der Waals surface area contributed by atoms with E-state index >= 15 is 0 Å². The number of ketones is 1. The maximum absolute atomic E-state index is 11.2. The van der Waals surface area contributed by atoms with Crippen LogP contribution >= 0.6 is 0 Å². The zero-order valence-electron chi connectivity index (χ0n) is 7.02. The van der Waals surface area contributed by atoms with E-state index in [2.05, 4.69) is 12.2 Å². The zero-order chi connectivity index (χ0) is 7.90. The summed E-state index contributed by atoms with van der Waals surface area (Å²) in [5.41, 5.74) is 0.208. The number of carbonyl (C=O) groups is 1. The van der Waals surface area contributed by atoms with Crippen LogP contribution in [0.2, 0.25) is 0 Å². The van der Waals surface area contributed by atoms with Crippen molar-refractivity contribution < 1.29 is 4.79 Å². The Hall–Kier alpha value is -0.370. The monoisotopic (exact) mass is 153 g/mol. The Morgan fingerprint density at radius 2 is 2.55 bits per heavy atom. The lowest BCUT2D eigenvalue weighted by molar-refractivity contribution is -0.122. The maximum Gasteiger partial charge on any atom is 0.136 e. The van der Waals surface area contributed by atoms with Crippen LogP contribution in [-0.4, -0.2) is 17.4 Å². The van der Waals surface area contributed by atoms with Gasteiger partial charge in [-0.2, -0.15) is 0 Å². The third-order valence-electron chi connectivity index (χ3n) is 3.17. The molecule has 2 atom stereocenters. The first-order chi connectivity index (χ1) is 5.24. The van der Waals surface area contributed by atoms with E-state index in [0.29, 0.717) is 11.8 Å². The first-order valence-corrected chi connectivity index (χ1v) is 4.53. The van der Waals surface area contributed by atoms with E-state index < -0.39 is 0 Å². The zero-order valence-corrected chi connectivity index (χ0v) is 7.02. The molecule has 2 fully saturated rings. The van der Waals surface area contributed by atoms with Crippen molar-refractivity contribution in [2.24, 2.45) is 0 Å². The van der Waals surface area contributed by atoms with Crippen molar-refractivity contribution in [3.05, 3.63) is 0 Å². The molecule has 2 aliphatic heterocycles. The van der Waals surface area contributed by atoms with Crippen molar-refractivity contribution in [1.29, 1.82) is 0 Å². The van der Waals surface area contributed by atoms with Crippen LogP contribution in [-0.2, 0) is 4.79 Å². The molecule has 0 radical (unpaired) electrons. The molecule has 2 saturated heterocycles. The van der Waals surface area contributed by atoms with Crippen molar-refractivity contribution in [1.82, 2.24) is 5.32 Å². The summed E-state index contributed by atoms with van der Waals surface area (Å²) in [5.74, 6) is 0.466. The molecule has 1 N–H and O–H groups in total. The van der Waals surface area contributed by atoms with Gasteiger partial charge in [0.1, 0.15) is 5.78 Å². The minimum atomic E-state index is 0.208. The van der Waals surface area contributed by atoms with Crippen molar-refractivity contribution >= 4 is 5.78 Å². The number of rotatable bonds is 1. The largest absolute Gasteiger partial charge is 0.308 e. The van der Waals surface area contributed by atoms with Crippen LogP contribution in [0.3, 0.4) is 0 Å². The van der Waals surface area contributed by atoms with Gasteiger partial charge in [-0.05, 0) is 19.3 Å². The van der Waals surface area contributed by atoms with Crippen molar-refractivity contribution in [2.45, 2.75) is 50.6 Å². The molecule has 0 aromatic heterocycles. The lowest BCUT2D eigenvalue weighted by atomic mass is 9.87. The molecule has 0 aliphatic carbocycles. The van der Waals surface area contributed by atoms with Gasteiger partial charge in [-0.25, -0.2) is 0 Å². The molecular formula is C9H15NO. The van der Waals surface area contributed by atoms with E-state index in [1.165, 1.54) is 12.8 Å². The summed E-state index contributed by atoms with van der Waals surface area (Å²) in [5, 5.41) is 3.56. The van der Waals surface area contributed by atoms with E-state index in [9.17, 15) is 4.79 Å². The Morgan fingerprint density at radius 3 is 3.27 bits per heavy atom. The molecule has 0 saturated carbocycles. The number of hydrogen-bond donors (Lipinski definition) is 1. The summed E-state index contributed by atoms with van der Waals surface area (Å²) in [6.45, 7) is 2.17. The fourth-order valence-electron chi connectivity index (χ4n) is 2.45. The highest BCUT2D eigenvalue weighted by atomic mass is 16.1. The number of fused-ring (bicyclic) bond motifs is 2. The predicted molar refractivity (Wildman–Crippen MR) is 43.4 cm³/mol. The first kappa shape index (κ1) is 7.29. The first-order valence-electron chi connectivity index (χ1n) is 4.53. The molecular weight excluding hydrogens is 138 g/mol. The maximum atomic E-state index is 11.2. The average molecular weight is 153 g/mol. The molecule has 2 heterocycles. The van der Waals surface area contributed by atoms with Gasteiger partial charge in [0.2, 0.25) is 0 Å². The molecule has 2 aliphatic rings. The molecule has 0 spiro atoms. The molecule has 2 bridgehead atoms. The standard InChI is InChI=1S/C9H15NO/c1-2-9-4-3-7(10-9)5-8(11)6-9/h7,10H,2-6H2,1H3. The van der Waals surface area contributed by atoms with Crippen LogP contribution in [0.1, 0.15) is 39.0 Å². The van der Waals surface area contributed by atoms with Gasteiger partial charge < -0.3 is 5.32 Å². The average Bonchev–Trinajstić information content (AvgIpc) is 2.28. The minimum absolute atomic E-state index is 0.208. The van der Waals surface area contributed by atoms with Gasteiger partial charge in [0, 0.05) is 24.4 Å². The number of piperidine rings is 1. The third kappa shape index (κ3) is 1.09. The van der Waals surface area contributed by atoms with Crippen molar-refractivity contribution in [3.63, 3.8) is 0 Å². The summed E-state index contributed by atoms with van der Waals surface area (Å²) >= 11 is 0. The second-order valence-electron chi connectivity index (χ2n) is 3.93. The Balaban J connectivity index is 2.18. The highest BCUT2D eigenvalue weighted by molar-refractivity contribution is 5.81. The Morgan fingerprint density at radius 1 is 1.73 bits per heavy atom. The van der Waals surface area contributed by atoms with Gasteiger partial charge in [0.05, 0.1) is 0 Å². The second kappa shape index (κ2) is 2.31. The fraction of sp³-hybridized carbons (Fsp3) is 0.889. The molecule has 2 heteroatoms. The van der Waals surface area contributed by atoms with Gasteiger partial charge in [-0.3, -0.25) is 4.79 Å². The van der Waals surface area contributed by atoms with Crippen LogP contribution in [0.5, 0.6) is 0 Å². The Kier molecular flexibility index (Phi) is 1.53. The highest BCUT2D eigenvalue weighted by Gasteiger charge is 2.43. The molecule has 0 aromatic rings. The predicted octanol–water partition coefficient (Wildman–Crippen LogP) is 1.25. The van der Waals surface area contributed by atoms with Crippen LogP contribution in [0, 0.1) is 0 Å². The van der Waals surface area contributed by atoms with E-state index in [4.69, 9.17) is 0 Å². The minimum Gasteiger partial charge on any atom is -0.308 e. The fourth-order valence-corrected chi connectivity index (χ4v) is 2.45. The van der Waals surface area contributed by atoms with E-state index in [-0.39, 0.29) is 5.54 Å². The SMILES string of the molecule is CCC12CCC(CC(=O)C1)N2. The summed E-state index contributed by atoms with van der Waals surface area (Å²) < 4.78 is 0.